The first-order valence-electron chi connectivity index (χ1n) is 18.7. The Balaban J connectivity index is 2.62. The molecule has 290 valence electrons. The van der Waals surface area contributed by atoms with Crippen LogP contribution in [0.3, 0.4) is 0 Å². The lowest BCUT2D eigenvalue weighted by Crippen LogP contribution is -2.61. The predicted molar refractivity (Wildman–Crippen MR) is 187 cm³/mol. The largest absolute Gasteiger partial charge is 0.397 e. The summed E-state index contributed by atoms with van der Waals surface area (Å²) in [7, 11) is -5.10. The smallest absolute Gasteiger partial charge is 0.394 e. The molecule has 1 aliphatic heterocycles. The summed E-state index contributed by atoms with van der Waals surface area (Å²) in [6.07, 6.45) is 13.6. The summed E-state index contributed by atoms with van der Waals surface area (Å²) in [4.78, 5) is 12.9. The van der Waals surface area contributed by atoms with Gasteiger partial charge < -0.3 is 40.3 Å². The number of hydrogen-bond acceptors (Lipinski definition) is 11. The van der Waals surface area contributed by atoms with Crippen LogP contribution in [-0.4, -0.2) is 107 Å². The number of nitrogens with one attached hydrogen (secondary N) is 1. The van der Waals surface area contributed by atoms with Crippen LogP contribution in [0.15, 0.2) is 12.2 Å². The molecule has 1 rings (SSSR count). The Bertz CT molecular complexity index is 968. The first-order chi connectivity index (χ1) is 23.4. The molecule has 1 aliphatic rings. The van der Waals surface area contributed by atoms with E-state index < -0.39 is 78.5 Å². The molecule has 0 radical (unpaired) electrons. The SMILES string of the molecule is CCCCCC/C=C/C(O)C(COC1OC(CO)C(O)C(OS(=O)(=O)O)C1O)NC(=O)C(O)CCCCCCCCCCCCCCCC. The van der Waals surface area contributed by atoms with Gasteiger partial charge in [0.2, 0.25) is 5.91 Å². The fourth-order valence-corrected chi connectivity index (χ4v) is 6.38. The van der Waals surface area contributed by atoms with Crippen LogP contribution in [-0.2, 0) is 28.9 Å². The number of unbranched alkanes of at least 4 members (excludes halogenated alkanes) is 17. The van der Waals surface area contributed by atoms with Gasteiger partial charge in [0.05, 0.1) is 25.4 Å². The van der Waals surface area contributed by atoms with E-state index >= 15 is 0 Å². The molecule has 0 aromatic heterocycles. The number of ether oxygens (including phenoxy) is 2. The molecule has 1 amide bonds. The van der Waals surface area contributed by atoms with E-state index in [2.05, 4.69) is 23.3 Å². The van der Waals surface area contributed by atoms with Crippen molar-refractivity contribution in [3.8, 4) is 0 Å². The Labute approximate surface area is 294 Å². The Morgan fingerprint density at radius 3 is 1.84 bits per heavy atom. The molecular weight excluding hydrogens is 658 g/mol. The number of aliphatic hydroxyl groups excluding tert-OH is 5. The fourth-order valence-electron chi connectivity index (χ4n) is 5.87. The van der Waals surface area contributed by atoms with Crippen LogP contribution in [0.2, 0.25) is 0 Å². The number of aliphatic hydroxyl groups is 5. The van der Waals surface area contributed by atoms with Gasteiger partial charge in [0.15, 0.2) is 6.29 Å². The van der Waals surface area contributed by atoms with E-state index in [1.165, 1.54) is 70.3 Å². The van der Waals surface area contributed by atoms with Gasteiger partial charge in [0.25, 0.3) is 0 Å². The number of rotatable bonds is 30. The standard InChI is InChI=1S/C35H67NO12S/c1-3-5-7-9-11-12-13-14-15-16-17-18-20-22-24-29(39)34(42)36-27(28(38)23-21-19-10-8-6-4-2)26-46-35-32(41)33(48-49(43,44)45)31(40)30(25-37)47-35/h21,23,27-33,35,37-41H,3-20,22,24-26H2,1-2H3,(H,36,42)(H,43,44,45)/b23-21+. The number of hydrogen-bond donors (Lipinski definition) is 7. The lowest BCUT2D eigenvalue weighted by Gasteiger charge is -2.41. The zero-order chi connectivity index (χ0) is 36.5. The fraction of sp³-hybridized carbons (Fsp3) is 0.914. The molecule has 0 aromatic rings. The third-order valence-corrected chi connectivity index (χ3v) is 9.39. The van der Waals surface area contributed by atoms with Crippen molar-refractivity contribution in [3.63, 3.8) is 0 Å². The minimum absolute atomic E-state index is 0.246. The van der Waals surface area contributed by atoms with Gasteiger partial charge in [-0.3, -0.25) is 9.35 Å². The maximum atomic E-state index is 12.9. The molecule has 0 aliphatic carbocycles. The summed E-state index contributed by atoms with van der Waals surface area (Å²) in [5.74, 6) is -0.708. The molecule has 1 saturated heterocycles. The minimum atomic E-state index is -5.10. The molecule has 0 spiro atoms. The van der Waals surface area contributed by atoms with Gasteiger partial charge in [0.1, 0.15) is 30.5 Å². The molecule has 7 N–H and O–H groups in total. The third-order valence-electron chi connectivity index (χ3n) is 8.93. The molecule has 13 nitrogen and oxygen atoms in total. The number of carbonyl (C=O) groups is 1. The highest BCUT2D eigenvalue weighted by Gasteiger charge is 2.48. The molecule has 0 saturated carbocycles. The van der Waals surface area contributed by atoms with Crippen LogP contribution in [0, 0.1) is 0 Å². The number of allylic oxidation sites excluding steroid dienone is 1. The molecule has 8 unspecified atom stereocenters. The summed E-state index contributed by atoms with van der Waals surface area (Å²) in [5, 5.41) is 54.5. The summed E-state index contributed by atoms with van der Waals surface area (Å²) in [6, 6.07) is -1.11. The van der Waals surface area contributed by atoms with Crippen LogP contribution in [0.1, 0.15) is 142 Å². The Morgan fingerprint density at radius 1 is 0.816 bits per heavy atom. The van der Waals surface area contributed by atoms with Crippen LogP contribution in [0.5, 0.6) is 0 Å². The second kappa shape index (κ2) is 27.5. The molecule has 49 heavy (non-hydrogen) atoms. The lowest BCUT2D eigenvalue weighted by atomic mass is 9.99. The quantitative estimate of drug-likeness (QED) is 0.0315. The van der Waals surface area contributed by atoms with Gasteiger partial charge in [-0.1, -0.05) is 135 Å². The maximum Gasteiger partial charge on any atom is 0.397 e. The normalized spacial score (nSPS) is 23.5. The van der Waals surface area contributed by atoms with Crippen LogP contribution >= 0.6 is 0 Å². The summed E-state index contributed by atoms with van der Waals surface area (Å²) in [5.41, 5.74) is 0. The second-order valence-corrected chi connectivity index (χ2v) is 14.4. The molecule has 0 bridgehead atoms. The first kappa shape index (κ1) is 45.8. The van der Waals surface area contributed by atoms with Crippen molar-refractivity contribution in [2.45, 2.75) is 191 Å². The average Bonchev–Trinajstić information content (AvgIpc) is 3.06. The van der Waals surface area contributed by atoms with E-state index in [0.29, 0.717) is 12.8 Å². The minimum Gasteiger partial charge on any atom is -0.394 e. The monoisotopic (exact) mass is 725 g/mol. The summed E-state index contributed by atoms with van der Waals surface area (Å²) >= 11 is 0. The van der Waals surface area contributed by atoms with E-state index in [0.717, 1.165) is 44.9 Å². The Morgan fingerprint density at radius 2 is 1.33 bits per heavy atom. The lowest BCUT2D eigenvalue weighted by molar-refractivity contribution is -0.298. The van der Waals surface area contributed by atoms with Crippen molar-refractivity contribution in [3.05, 3.63) is 12.2 Å². The van der Waals surface area contributed by atoms with Crippen LogP contribution < -0.4 is 5.32 Å². The first-order valence-corrected chi connectivity index (χ1v) is 20.0. The number of amides is 1. The maximum absolute atomic E-state index is 12.9. The van der Waals surface area contributed by atoms with Crippen LogP contribution in [0.4, 0.5) is 0 Å². The van der Waals surface area contributed by atoms with Gasteiger partial charge in [-0.2, -0.15) is 8.42 Å². The van der Waals surface area contributed by atoms with E-state index in [4.69, 9.17) is 14.0 Å². The van der Waals surface area contributed by atoms with Gasteiger partial charge in [-0.25, -0.2) is 4.18 Å². The van der Waals surface area contributed by atoms with Crippen molar-refractivity contribution in [1.82, 2.24) is 5.32 Å². The second-order valence-electron chi connectivity index (χ2n) is 13.3. The average molecular weight is 726 g/mol. The van der Waals surface area contributed by atoms with Crippen molar-refractivity contribution < 1.29 is 57.0 Å². The van der Waals surface area contributed by atoms with Crippen molar-refractivity contribution in [1.29, 1.82) is 0 Å². The third kappa shape index (κ3) is 21.0. The van der Waals surface area contributed by atoms with Gasteiger partial charge in [-0.05, 0) is 19.3 Å². The Hall–Kier alpha value is -1.20. The predicted octanol–water partition coefficient (Wildman–Crippen LogP) is 4.23. The molecule has 0 aromatic carbocycles. The topological polar surface area (TPSA) is 212 Å². The number of carbonyl (C=O) groups excluding carboxylic acids is 1. The van der Waals surface area contributed by atoms with E-state index in [9.17, 15) is 38.7 Å². The van der Waals surface area contributed by atoms with Gasteiger partial charge in [-0.15, -0.1) is 0 Å². The highest BCUT2D eigenvalue weighted by atomic mass is 32.3. The molecule has 1 heterocycles. The van der Waals surface area contributed by atoms with Crippen molar-refractivity contribution in [2.24, 2.45) is 0 Å². The van der Waals surface area contributed by atoms with Gasteiger partial charge >= 0.3 is 10.4 Å². The molecular formula is C35H67NO12S. The van der Waals surface area contributed by atoms with E-state index in [1.807, 2.05) is 0 Å². The zero-order valence-electron chi connectivity index (χ0n) is 29.9. The Kier molecular flexibility index (Phi) is 25.7. The zero-order valence-corrected chi connectivity index (χ0v) is 30.7. The van der Waals surface area contributed by atoms with Crippen molar-refractivity contribution >= 4 is 16.3 Å². The molecule has 1 fully saturated rings. The van der Waals surface area contributed by atoms with E-state index in [-0.39, 0.29) is 6.42 Å². The summed E-state index contributed by atoms with van der Waals surface area (Å²) in [6.45, 7) is 3.08. The van der Waals surface area contributed by atoms with Crippen molar-refractivity contribution in [2.75, 3.05) is 13.2 Å². The molecule has 8 atom stereocenters. The highest BCUT2D eigenvalue weighted by molar-refractivity contribution is 7.80. The van der Waals surface area contributed by atoms with Crippen LogP contribution in [0.25, 0.3) is 0 Å². The summed E-state index contributed by atoms with van der Waals surface area (Å²) < 4.78 is 47.0. The van der Waals surface area contributed by atoms with Gasteiger partial charge in [0, 0.05) is 0 Å². The molecule has 14 heteroatoms. The highest BCUT2D eigenvalue weighted by Crippen LogP contribution is 2.26. The van der Waals surface area contributed by atoms with E-state index in [1.54, 1.807) is 6.08 Å².